The topological polar surface area (TPSA) is 113 Å². The number of carbonyl (C=O) groups excluding carboxylic acids is 2. The number of ketones is 1. The normalized spacial score (nSPS) is 37.6. The molecule has 3 N–H and O–H groups in total. The molecule has 7 nitrogen and oxygen atoms in total. The number of hydrogen-bond acceptors (Lipinski definition) is 5. The number of aliphatic hydroxyl groups is 1. The standard InChI is InChI=1S/C46H65ClINO6/c1-27(48)38-32(50)25-46(21-18-36(51)49-28(2)30-12-10-11-13-31(30)47)23-22-43(7)24-29(39(38)46)14-15-34-44(8)19-17-35(55-37(52)26-41(3,4)40(53)54)42(5,6)33(44)16-20-45(34,43)9/h10-13,18,21,27-29,33-35,37,52H,14-17,19-20,22-26H2,1-9H3,(H,49,51)(H,53,54)/b21-18+/t27?,28-,29-,33-,34+,35-,37?,43+,44-,45+,46-/m0/s1. The SMILES string of the molecule is CC(I)C1=C2[C@H]3CC[C@@H]4[C@@]5(C)CC[C@H](OC(O)CC(C)(C)C(=O)O)C(C)(C)[C@@H]5CC[C@@]4(C)[C@](C)(CC[C@@]2(/C=C/C(=O)N[C@@H](C)c2ccccc2Cl)CC1=O)C3. The van der Waals surface area contributed by atoms with E-state index in [0.717, 1.165) is 68.9 Å². The Kier molecular flexibility index (Phi) is 11.8. The molecule has 55 heavy (non-hydrogen) atoms. The van der Waals surface area contributed by atoms with Crippen molar-refractivity contribution in [3.63, 3.8) is 0 Å². The third kappa shape index (κ3) is 7.43. The molecule has 0 heterocycles. The summed E-state index contributed by atoms with van der Waals surface area (Å²) in [6, 6.07) is 7.34. The number of aliphatic carboxylic acids is 1. The van der Waals surface area contributed by atoms with Gasteiger partial charge in [0.15, 0.2) is 12.1 Å². The summed E-state index contributed by atoms with van der Waals surface area (Å²) in [5.41, 5.74) is 1.66. The van der Waals surface area contributed by atoms with Crippen LogP contribution < -0.4 is 5.32 Å². The summed E-state index contributed by atoms with van der Waals surface area (Å²) in [7, 11) is 0. The lowest BCUT2D eigenvalue weighted by Gasteiger charge is -2.67. The van der Waals surface area contributed by atoms with Crippen molar-refractivity contribution in [2.45, 2.75) is 155 Å². The number of hydrogen-bond donors (Lipinski definition) is 3. The predicted molar refractivity (Wildman–Crippen MR) is 227 cm³/mol. The second-order valence-corrected chi connectivity index (χ2v) is 22.5. The van der Waals surface area contributed by atoms with Crippen LogP contribution in [-0.4, -0.2) is 44.2 Å². The Hall–Kier alpha value is -1.75. The Balaban J connectivity index is 1.29. The van der Waals surface area contributed by atoms with Crippen molar-refractivity contribution in [3.05, 3.63) is 58.1 Å². The number of allylic oxidation sites excluding steroid dienone is 3. The van der Waals surface area contributed by atoms with Gasteiger partial charge in [-0.1, -0.05) is 93.1 Å². The molecule has 0 radical (unpaired) electrons. The number of rotatable bonds is 10. The Morgan fingerprint density at radius 2 is 1.71 bits per heavy atom. The fraction of sp³-hybridized carbons (Fsp3) is 0.717. The molecule has 0 aliphatic heterocycles. The third-order valence-corrected chi connectivity index (χ3v) is 17.2. The molecule has 4 fully saturated rings. The summed E-state index contributed by atoms with van der Waals surface area (Å²) in [6.45, 7) is 19.7. The molecule has 5 aliphatic rings. The van der Waals surface area contributed by atoms with Gasteiger partial charge < -0.3 is 20.3 Å². The van der Waals surface area contributed by atoms with Crippen LogP contribution in [0.5, 0.6) is 0 Å². The lowest BCUT2D eigenvalue weighted by Crippen LogP contribution is -2.61. The first-order valence-electron chi connectivity index (χ1n) is 20.7. The summed E-state index contributed by atoms with van der Waals surface area (Å²) < 4.78 is 6.47. The number of carbonyl (C=O) groups is 3. The van der Waals surface area contributed by atoms with E-state index in [4.69, 9.17) is 16.3 Å². The van der Waals surface area contributed by atoms with Gasteiger partial charge in [0.2, 0.25) is 5.91 Å². The summed E-state index contributed by atoms with van der Waals surface area (Å²) in [5, 5.41) is 24.4. The first-order valence-corrected chi connectivity index (χ1v) is 22.4. The smallest absolute Gasteiger partial charge is 0.309 e. The minimum absolute atomic E-state index is 0.0462. The highest BCUT2D eigenvalue weighted by molar-refractivity contribution is 14.1. The second-order valence-electron chi connectivity index (χ2n) is 20.2. The maximum Gasteiger partial charge on any atom is 0.309 e. The van der Waals surface area contributed by atoms with E-state index < -0.39 is 23.1 Å². The van der Waals surface area contributed by atoms with Gasteiger partial charge in [0.1, 0.15) is 0 Å². The van der Waals surface area contributed by atoms with E-state index in [1.165, 1.54) is 5.57 Å². The van der Waals surface area contributed by atoms with Gasteiger partial charge in [-0.25, -0.2) is 0 Å². The molecule has 0 aromatic heterocycles. The van der Waals surface area contributed by atoms with Crippen LogP contribution in [0, 0.1) is 50.2 Å². The van der Waals surface area contributed by atoms with Gasteiger partial charge in [-0.2, -0.15) is 0 Å². The van der Waals surface area contributed by atoms with Crippen LogP contribution >= 0.6 is 34.2 Å². The summed E-state index contributed by atoms with van der Waals surface area (Å²) >= 11 is 8.89. The third-order valence-electron chi connectivity index (χ3n) is 16.3. The summed E-state index contributed by atoms with van der Waals surface area (Å²) in [4.78, 5) is 39.4. The number of benzene rings is 1. The average Bonchev–Trinajstić information content (AvgIpc) is 3.24. The van der Waals surface area contributed by atoms with Crippen LogP contribution in [0.4, 0.5) is 0 Å². The van der Waals surface area contributed by atoms with E-state index in [-0.39, 0.29) is 61.8 Å². The van der Waals surface area contributed by atoms with Crippen LogP contribution in [0.3, 0.4) is 0 Å². The number of aliphatic hydroxyl groups excluding tert-OH is 1. The molecule has 6 rings (SSSR count). The molecule has 11 atom stereocenters. The first kappa shape index (κ1) is 42.8. The van der Waals surface area contributed by atoms with E-state index in [2.05, 4.69) is 75.5 Å². The van der Waals surface area contributed by atoms with E-state index in [9.17, 15) is 24.6 Å². The number of Topliss-reactive ketones (excluding diaryl/α,β-unsaturated/α-hetero) is 1. The number of carboxylic acid groups (broad SMARTS) is 1. The minimum Gasteiger partial charge on any atom is -0.481 e. The van der Waals surface area contributed by atoms with Crippen molar-refractivity contribution < 1.29 is 29.3 Å². The second kappa shape index (κ2) is 15.1. The molecule has 4 saturated carbocycles. The molecule has 0 saturated heterocycles. The largest absolute Gasteiger partial charge is 0.481 e. The van der Waals surface area contributed by atoms with Gasteiger partial charge in [-0.3, -0.25) is 14.4 Å². The Labute approximate surface area is 348 Å². The lowest BCUT2D eigenvalue weighted by molar-refractivity contribution is -0.244. The number of fused-ring (bicyclic) bond motifs is 8. The fourth-order valence-electron chi connectivity index (χ4n) is 13.1. The van der Waals surface area contributed by atoms with Crippen LogP contribution in [0.2, 0.25) is 5.02 Å². The molecular formula is C46H65ClINO6. The number of ether oxygens (including phenoxy) is 1. The highest BCUT2D eigenvalue weighted by atomic mass is 127. The zero-order valence-corrected chi connectivity index (χ0v) is 37.5. The molecule has 0 spiro atoms. The Morgan fingerprint density at radius 1 is 1.02 bits per heavy atom. The number of carboxylic acids is 1. The average molecular weight is 890 g/mol. The van der Waals surface area contributed by atoms with E-state index in [1.807, 2.05) is 31.2 Å². The predicted octanol–water partition coefficient (Wildman–Crippen LogP) is 10.8. The Morgan fingerprint density at radius 3 is 2.36 bits per heavy atom. The monoisotopic (exact) mass is 889 g/mol. The summed E-state index contributed by atoms with van der Waals surface area (Å²) in [6.07, 6.45) is 12.1. The summed E-state index contributed by atoms with van der Waals surface area (Å²) in [5.74, 6) is 0.290. The molecule has 2 bridgehead atoms. The number of amides is 1. The molecular weight excluding hydrogens is 825 g/mol. The zero-order valence-electron chi connectivity index (χ0n) is 34.6. The highest BCUT2D eigenvalue weighted by Gasteiger charge is 2.66. The van der Waals surface area contributed by atoms with Crippen molar-refractivity contribution in [1.29, 1.82) is 0 Å². The van der Waals surface area contributed by atoms with E-state index >= 15 is 0 Å². The zero-order chi connectivity index (χ0) is 40.5. The van der Waals surface area contributed by atoms with Gasteiger partial charge in [0.05, 0.1) is 17.6 Å². The maximum atomic E-state index is 14.0. The lowest BCUT2D eigenvalue weighted by atomic mass is 9.38. The minimum atomic E-state index is -1.13. The van der Waals surface area contributed by atoms with Crippen LogP contribution in [-0.2, 0) is 19.1 Å². The Bertz CT molecular complexity index is 1750. The quantitative estimate of drug-likeness (QED) is 0.0933. The van der Waals surface area contributed by atoms with Gasteiger partial charge in [-0.05, 0) is 148 Å². The van der Waals surface area contributed by atoms with Crippen molar-refractivity contribution >= 4 is 51.9 Å². The maximum absolute atomic E-state index is 14.0. The molecule has 304 valence electrons. The molecule has 2 unspecified atom stereocenters. The van der Waals surface area contributed by atoms with E-state index in [0.29, 0.717) is 23.3 Å². The number of alkyl halides is 1. The van der Waals surface area contributed by atoms with Crippen molar-refractivity contribution in [2.24, 2.45) is 50.2 Å². The van der Waals surface area contributed by atoms with E-state index in [1.54, 1.807) is 19.9 Å². The highest BCUT2D eigenvalue weighted by Crippen LogP contribution is 2.74. The van der Waals surface area contributed by atoms with Crippen LogP contribution in [0.1, 0.15) is 145 Å². The fourth-order valence-corrected chi connectivity index (χ4v) is 14.1. The molecule has 5 aliphatic carbocycles. The first-order chi connectivity index (χ1) is 25.5. The van der Waals surface area contributed by atoms with Crippen molar-refractivity contribution in [2.75, 3.05) is 0 Å². The van der Waals surface area contributed by atoms with Gasteiger partial charge >= 0.3 is 5.97 Å². The molecule has 1 aromatic carbocycles. The van der Waals surface area contributed by atoms with Gasteiger partial charge in [-0.15, -0.1) is 0 Å². The van der Waals surface area contributed by atoms with Crippen molar-refractivity contribution in [3.8, 4) is 0 Å². The number of nitrogens with one attached hydrogen (secondary N) is 1. The molecule has 9 heteroatoms. The van der Waals surface area contributed by atoms with Crippen molar-refractivity contribution in [1.82, 2.24) is 5.32 Å². The van der Waals surface area contributed by atoms with Crippen LogP contribution in [0.15, 0.2) is 47.6 Å². The molecule has 1 amide bonds. The number of halogens is 2. The van der Waals surface area contributed by atoms with Gasteiger partial charge in [0, 0.05) is 32.8 Å². The van der Waals surface area contributed by atoms with Crippen LogP contribution in [0.25, 0.3) is 0 Å². The van der Waals surface area contributed by atoms with Gasteiger partial charge in [0.25, 0.3) is 0 Å². The molecule has 1 aromatic rings.